The van der Waals surface area contributed by atoms with Crippen molar-refractivity contribution < 1.29 is 19.8 Å². The number of unbranched alkanes of at least 4 members (excludes halogenated alkanes) is 3. The Labute approximate surface area is 123 Å². The number of hydrogen-bond donors (Lipinski definition) is 2. The minimum absolute atomic E-state index is 0.286. The standard InChI is InChI=1S/C8H14O2.C6H12.C2H4O2/c1-2-3-4-5-6-7-8(9)10;1-3-5-6-4-2;1-2(3)4/h3-4H,2,5-7H2,1H3,(H,9,10);3H,1,4-6H2,2H3;1H3,(H,3,4)/b4-3-;;. The van der Waals surface area contributed by atoms with Gasteiger partial charge in [-0.15, -0.1) is 6.58 Å². The Morgan fingerprint density at radius 3 is 1.90 bits per heavy atom. The second-order valence-corrected chi connectivity index (χ2v) is 4.12. The number of carboxylic acid groups (broad SMARTS) is 2. The molecule has 0 aliphatic heterocycles. The number of allylic oxidation sites excluding steroid dienone is 3. The Bertz CT molecular complexity index is 253. The molecule has 0 aromatic heterocycles. The fourth-order valence-electron chi connectivity index (χ4n) is 1.00. The maximum atomic E-state index is 10.0. The predicted molar refractivity (Wildman–Crippen MR) is 83.9 cm³/mol. The first-order valence-electron chi connectivity index (χ1n) is 7.09. The second-order valence-electron chi connectivity index (χ2n) is 4.12. The van der Waals surface area contributed by atoms with Crippen molar-refractivity contribution in [3.8, 4) is 0 Å². The molecule has 0 saturated carbocycles. The number of carboxylic acids is 2. The van der Waals surface area contributed by atoms with Crippen molar-refractivity contribution in [1.82, 2.24) is 0 Å². The highest BCUT2D eigenvalue weighted by atomic mass is 16.4. The zero-order valence-corrected chi connectivity index (χ0v) is 13.1. The summed E-state index contributed by atoms with van der Waals surface area (Å²) >= 11 is 0. The van der Waals surface area contributed by atoms with Crippen molar-refractivity contribution in [3.63, 3.8) is 0 Å². The molecule has 0 aromatic rings. The van der Waals surface area contributed by atoms with Gasteiger partial charge >= 0.3 is 5.97 Å². The Kier molecular flexibility index (Phi) is 26.5. The summed E-state index contributed by atoms with van der Waals surface area (Å²) in [6.45, 7) is 8.93. The van der Waals surface area contributed by atoms with Crippen LogP contribution in [0.1, 0.15) is 65.7 Å². The van der Waals surface area contributed by atoms with Crippen LogP contribution in [0.5, 0.6) is 0 Å². The highest BCUT2D eigenvalue weighted by Crippen LogP contribution is 1.96. The molecule has 0 heterocycles. The zero-order valence-electron chi connectivity index (χ0n) is 13.1. The van der Waals surface area contributed by atoms with Crippen LogP contribution in [-0.4, -0.2) is 22.2 Å². The van der Waals surface area contributed by atoms with Gasteiger partial charge in [-0.1, -0.05) is 44.9 Å². The quantitative estimate of drug-likeness (QED) is 0.502. The number of rotatable bonds is 8. The average Bonchev–Trinajstić information content (AvgIpc) is 2.36. The number of aliphatic carboxylic acids is 2. The third kappa shape index (κ3) is 55.1. The van der Waals surface area contributed by atoms with Crippen LogP contribution in [0.25, 0.3) is 0 Å². The van der Waals surface area contributed by atoms with E-state index in [4.69, 9.17) is 15.0 Å². The normalized spacial score (nSPS) is 8.95. The fourth-order valence-corrected chi connectivity index (χ4v) is 1.00. The fraction of sp³-hybridized carbons (Fsp3) is 0.625. The summed E-state index contributed by atoms with van der Waals surface area (Å²) in [4.78, 5) is 19.0. The van der Waals surface area contributed by atoms with Crippen molar-refractivity contribution in [2.45, 2.75) is 65.7 Å². The maximum Gasteiger partial charge on any atom is 0.303 e. The first-order chi connectivity index (χ1) is 9.42. The summed E-state index contributed by atoms with van der Waals surface area (Å²) < 4.78 is 0. The van der Waals surface area contributed by atoms with Gasteiger partial charge < -0.3 is 10.2 Å². The lowest BCUT2D eigenvalue weighted by atomic mass is 10.2. The third-order valence-electron chi connectivity index (χ3n) is 1.93. The lowest BCUT2D eigenvalue weighted by Crippen LogP contribution is -1.92. The first-order valence-corrected chi connectivity index (χ1v) is 7.09. The van der Waals surface area contributed by atoms with Crippen LogP contribution in [0, 0.1) is 0 Å². The van der Waals surface area contributed by atoms with Crippen molar-refractivity contribution in [3.05, 3.63) is 24.8 Å². The minimum Gasteiger partial charge on any atom is -0.481 e. The molecular formula is C16H30O4. The van der Waals surface area contributed by atoms with Gasteiger partial charge in [0.2, 0.25) is 0 Å². The van der Waals surface area contributed by atoms with Gasteiger partial charge in [0.1, 0.15) is 0 Å². The van der Waals surface area contributed by atoms with Gasteiger partial charge in [0, 0.05) is 13.3 Å². The topological polar surface area (TPSA) is 74.6 Å². The van der Waals surface area contributed by atoms with E-state index >= 15 is 0 Å². The van der Waals surface area contributed by atoms with Crippen LogP contribution in [0.4, 0.5) is 0 Å². The smallest absolute Gasteiger partial charge is 0.303 e. The van der Waals surface area contributed by atoms with Gasteiger partial charge in [0.15, 0.2) is 0 Å². The molecule has 0 aliphatic rings. The van der Waals surface area contributed by atoms with Gasteiger partial charge in [-0.2, -0.15) is 0 Å². The van der Waals surface area contributed by atoms with Gasteiger partial charge in [-0.25, -0.2) is 0 Å². The van der Waals surface area contributed by atoms with E-state index < -0.39 is 11.9 Å². The van der Waals surface area contributed by atoms with E-state index in [1.807, 2.05) is 12.2 Å². The summed E-state index contributed by atoms with van der Waals surface area (Å²) in [5.41, 5.74) is 0. The molecule has 0 rings (SSSR count). The summed E-state index contributed by atoms with van der Waals surface area (Å²) in [6.07, 6.45) is 12.8. The molecule has 0 amide bonds. The number of hydrogen-bond acceptors (Lipinski definition) is 2. The lowest BCUT2D eigenvalue weighted by Gasteiger charge is -1.88. The Hall–Kier alpha value is -1.58. The highest BCUT2D eigenvalue weighted by molar-refractivity contribution is 5.66. The molecule has 20 heavy (non-hydrogen) atoms. The monoisotopic (exact) mass is 286 g/mol. The molecular weight excluding hydrogens is 256 g/mol. The van der Waals surface area contributed by atoms with Gasteiger partial charge in [-0.05, 0) is 25.7 Å². The zero-order chi connectivity index (χ0) is 16.2. The molecule has 4 nitrogen and oxygen atoms in total. The van der Waals surface area contributed by atoms with Crippen LogP contribution in [0.3, 0.4) is 0 Å². The molecule has 0 radical (unpaired) electrons. The molecule has 0 bridgehead atoms. The lowest BCUT2D eigenvalue weighted by molar-refractivity contribution is -0.137. The Morgan fingerprint density at radius 2 is 1.60 bits per heavy atom. The van der Waals surface area contributed by atoms with E-state index in [9.17, 15) is 4.79 Å². The van der Waals surface area contributed by atoms with Crippen molar-refractivity contribution in [2.24, 2.45) is 0 Å². The van der Waals surface area contributed by atoms with E-state index in [1.165, 1.54) is 19.3 Å². The van der Waals surface area contributed by atoms with E-state index in [2.05, 4.69) is 26.5 Å². The maximum absolute atomic E-state index is 10.0. The van der Waals surface area contributed by atoms with Crippen LogP contribution in [0.15, 0.2) is 24.8 Å². The van der Waals surface area contributed by atoms with E-state index in [-0.39, 0.29) is 6.42 Å². The molecule has 0 fully saturated rings. The van der Waals surface area contributed by atoms with E-state index in [0.717, 1.165) is 26.2 Å². The molecule has 4 heteroatoms. The molecule has 0 unspecified atom stereocenters. The van der Waals surface area contributed by atoms with Gasteiger partial charge in [0.05, 0.1) is 0 Å². The van der Waals surface area contributed by atoms with Crippen LogP contribution in [-0.2, 0) is 9.59 Å². The third-order valence-corrected chi connectivity index (χ3v) is 1.93. The largest absolute Gasteiger partial charge is 0.481 e. The van der Waals surface area contributed by atoms with Crippen LogP contribution in [0.2, 0.25) is 0 Å². The summed E-state index contributed by atoms with van der Waals surface area (Å²) in [6, 6.07) is 0. The van der Waals surface area contributed by atoms with Crippen LogP contribution >= 0.6 is 0 Å². The van der Waals surface area contributed by atoms with Gasteiger partial charge in [-0.3, -0.25) is 9.59 Å². The van der Waals surface area contributed by atoms with Crippen molar-refractivity contribution in [2.75, 3.05) is 0 Å². The molecule has 0 aliphatic carbocycles. The van der Waals surface area contributed by atoms with E-state index in [0.29, 0.717) is 0 Å². The highest BCUT2D eigenvalue weighted by Gasteiger charge is 1.92. The molecule has 118 valence electrons. The van der Waals surface area contributed by atoms with Crippen molar-refractivity contribution >= 4 is 11.9 Å². The van der Waals surface area contributed by atoms with E-state index in [1.54, 1.807) is 0 Å². The summed E-state index contributed by atoms with van der Waals surface area (Å²) in [5, 5.41) is 15.7. The average molecular weight is 286 g/mol. The number of carbonyl (C=O) groups is 2. The summed E-state index contributed by atoms with van der Waals surface area (Å²) in [5.74, 6) is -1.54. The Morgan fingerprint density at radius 1 is 1.05 bits per heavy atom. The summed E-state index contributed by atoms with van der Waals surface area (Å²) in [7, 11) is 0. The molecule has 0 atom stereocenters. The second kappa shape index (κ2) is 22.6. The molecule has 0 spiro atoms. The SMILES string of the molecule is C=CCCCC.CC(=O)O.CC/C=C\CCCC(=O)O. The van der Waals surface area contributed by atoms with Crippen LogP contribution < -0.4 is 0 Å². The predicted octanol–water partition coefficient (Wildman–Crippen LogP) is 4.66. The molecule has 0 aromatic carbocycles. The first kappa shape index (κ1) is 23.5. The minimum atomic E-state index is -0.833. The molecule has 2 N–H and O–H groups in total. The Balaban J connectivity index is -0.000000246. The molecule has 0 saturated heterocycles. The van der Waals surface area contributed by atoms with Gasteiger partial charge in [0.25, 0.3) is 5.97 Å². The van der Waals surface area contributed by atoms with Crippen molar-refractivity contribution in [1.29, 1.82) is 0 Å².